The minimum Gasteiger partial charge on any atom is -0.478 e. The van der Waals surface area contributed by atoms with Crippen molar-refractivity contribution in [2.45, 2.75) is 12.8 Å². The summed E-state index contributed by atoms with van der Waals surface area (Å²) in [7, 11) is 0. The van der Waals surface area contributed by atoms with Gasteiger partial charge in [-0.3, -0.25) is 0 Å². The van der Waals surface area contributed by atoms with Gasteiger partial charge in [0.2, 0.25) is 0 Å². The summed E-state index contributed by atoms with van der Waals surface area (Å²) in [6, 6.07) is 4.88. The standard InChI is InChI=1S/C15H17N3O3/c19-15(20)11-3-4-12-13(6-11)17-9-18-14(12)16-7-10-2-1-5-21-8-10/h3-4,6,9-10H,1-2,5,7-8H2,(H,19,20)(H,16,17,18). The fourth-order valence-electron chi connectivity index (χ4n) is 2.54. The van der Waals surface area contributed by atoms with E-state index in [0.29, 0.717) is 11.4 Å². The third kappa shape index (κ3) is 3.11. The molecule has 1 fully saturated rings. The molecule has 0 spiro atoms. The molecule has 6 nitrogen and oxygen atoms in total. The Hall–Kier alpha value is -2.21. The summed E-state index contributed by atoms with van der Waals surface area (Å²) in [6.07, 6.45) is 3.70. The van der Waals surface area contributed by atoms with E-state index in [9.17, 15) is 4.79 Å². The van der Waals surface area contributed by atoms with Gasteiger partial charge in [0.05, 0.1) is 17.7 Å². The molecule has 1 atom stereocenters. The van der Waals surface area contributed by atoms with Gasteiger partial charge in [0.15, 0.2) is 0 Å². The van der Waals surface area contributed by atoms with Crippen LogP contribution in [-0.2, 0) is 4.74 Å². The van der Waals surface area contributed by atoms with Gasteiger partial charge >= 0.3 is 5.97 Å². The summed E-state index contributed by atoms with van der Waals surface area (Å²) < 4.78 is 5.46. The van der Waals surface area contributed by atoms with Crippen LogP contribution in [0.2, 0.25) is 0 Å². The van der Waals surface area contributed by atoms with Gasteiger partial charge in [0.1, 0.15) is 12.1 Å². The van der Waals surface area contributed by atoms with Gasteiger partial charge in [0.25, 0.3) is 0 Å². The molecule has 2 aromatic rings. The number of carboxylic acid groups (broad SMARTS) is 1. The van der Waals surface area contributed by atoms with E-state index in [1.807, 2.05) is 0 Å². The first-order valence-corrected chi connectivity index (χ1v) is 7.04. The van der Waals surface area contributed by atoms with E-state index in [1.165, 1.54) is 6.33 Å². The SMILES string of the molecule is O=C(O)c1ccc2c(NCC3CCCOC3)ncnc2c1. The van der Waals surface area contributed by atoms with Gasteiger partial charge in [-0.15, -0.1) is 0 Å². The van der Waals surface area contributed by atoms with Crippen molar-refractivity contribution in [2.75, 3.05) is 25.1 Å². The van der Waals surface area contributed by atoms with Crippen LogP contribution in [0, 0.1) is 5.92 Å². The number of hydrogen-bond acceptors (Lipinski definition) is 5. The van der Waals surface area contributed by atoms with Crippen molar-refractivity contribution in [3.05, 3.63) is 30.1 Å². The number of carbonyl (C=O) groups is 1. The molecule has 2 N–H and O–H groups in total. The maximum Gasteiger partial charge on any atom is 0.335 e. The topological polar surface area (TPSA) is 84.3 Å². The highest BCUT2D eigenvalue weighted by Crippen LogP contribution is 2.21. The van der Waals surface area contributed by atoms with E-state index in [4.69, 9.17) is 9.84 Å². The maximum atomic E-state index is 11.0. The lowest BCUT2D eigenvalue weighted by molar-refractivity contribution is 0.0595. The number of nitrogens with zero attached hydrogens (tertiary/aromatic N) is 2. The van der Waals surface area contributed by atoms with Crippen LogP contribution in [0.3, 0.4) is 0 Å². The summed E-state index contributed by atoms with van der Waals surface area (Å²) in [5.41, 5.74) is 0.861. The predicted octanol–water partition coefficient (Wildman–Crippen LogP) is 2.17. The highest BCUT2D eigenvalue weighted by Gasteiger charge is 2.14. The van der Waals surface area contributed by atoms with Gasteiger partial charge in [0, 0.05) is 18.5 Å². The molecule has 0 radical (unpaired) electrons. The van der Waals surface area contributed by atoms with Crippen molar-refractivity contribution in [1.29, 1.82) is 0 Å². The lowest BCUT2D eigenvalue weighted by Gasteiger charge is -2.22. The highest BCUT2D eigenvalue weighted by atomic mass is 16.5. The number of carboxylic acids is 1. The minimum atomic E-state index is -0.954. The Labute approximate surface area is 122 Å². The van der Waals surface area contributed by atoms with Gasteiger partial charge in [-0.2, -0.15) is 0 Å². The number of anilines is 1. The number of fused-ring (bicyclic) bond motifs is 1. The second kappa shape index (κ2) is 6.05. The molecule has 0 saturated carbocycles. The fourth-order valence-corrected chi connectivity index (χ4v) is 2.54. The Balaban J connectivity index is 1.80. The molecule has 1 aliphatic heterocycles. The van der Waals surface area contributed by atoms with Gasteiger partial charge in [-0.05, 0) is 37.0 Å². The third-order valence-electron chi connectivity index (χ3n) is 3.70. The predicted molar refractivity (Wildman–Crippen MR) is 78.5 cm³/mol. The number of aromatic nitrogens is 2. The highest BCUT2D eigenvalue weighted by molar-refractivity contribution is 5.96. The van der Waals surface area contributed by atoms with E-state index in [1.54, 1.807) is 18.2 Å². The van der Waals surface area contributed by atoms with E-state index >= 15 is 0 Å². The molecule has 1 aromatic heterocycles. The molecule has 1 unspecified atom stereocenters. The molecule has 110 valence electrons. The molecule has 6 heteroatoms. The summed E-state index contributed by atoms with van der Waals surface area (Å²) in [4.78, 5) is 19.4. The summed E-state index contributed by atoms with van der Waals surface area (Å²) in [6.45, 7) is 2.43. The van der Waals surface area contributed by atoms with Crippen LogP contribution in [-0.4, -0.2) is 40.8 Å². The van der Waals surface area contributed by atoms with Crippen LogP contribution >= 0.6 is 0 Å². The van der Waals surface area contributed by atoms with E-state index in [2.05, 4.69) is 15.3 Å². The van der Waals surface area contributed by atoms with Crippen molar-refractivity contribution in [3.63, 3.8) is 0 Å². The van der Waals surface area contributed by atoms with E-state index < -0.39 is 5.97 Å². The average Bonchev–Trinajstić information content (AvgIpc) is 2.53. The first-order valence-electron chi connectivity index (χ1n) is 7.04. The Kier molecular flexibility index (Phi) is 3.96. The summed E-state index contributed by atoms with van der Waals surface area (Å²) >= 11 is 0. The van der Waals surface area contributed by atoms with Crippen LogP contribution in [0.5, 0.6) is 0 Å². The average molecular weight is 287 g/mol. The van der Waals surface area contributed by atoms with Crippen LogP contribution in [0.25, 0.3) is 10.9 Å². The van der Waals surface area contributed by atoms with Gasteiger partial charge < -0.3 is 15.2 Å². The van der Waals surface area contributed by atoms with Crippen LogP contribution in [0.1, 0.15) is 23.2 Å². The molecule has 21 heavy (non-hydrogen) atoms. The van der Waals surface area contributed by atoms with Crippen LogP contribution in [0.4, 0.5) is 5.82 Å². The first-order chi connectivity index (χ1) is 10.2. The molecule has 3 rings (SSSR count). The summed E-state index contributed by atoms with van der Waals surface area (Å²) in [5.74, 6) is 0.272. The molecular weight excluding hydrogens is 270 g/mol. The zero-order chi connectivity index (χ0) is 14.7. The summed E-state index contributed by atoms with van der Waals surface area (Å²) in [5, 5.41) is 13.2. The monoisotopic (exact) mass is 287 g/mol. The Morgan fingerprint density at radius 1 is 1.43 bits per heavy atom. The normalized spacial score (nSPS) is 18.6. The number of nitrogens with one attached hydrogen (secondary N) is 1. The van der Waals surface area contributed by atoms with Gasteiger partial charge in [-0.25, -0.2) is 14.8 Å². The minimum absolute atomic E-state index is 0.229. The number of hydrogen-bond donors (Lipinski definition) is 2. The van der Waals surface area contributed by atoms with E-state index in [0.717, 1.165) is 43.8 Å². The molecule has 0 bridgehead atoms. The molecule has 2 heterocycles. The Bertz CT molecular complexity index is 654. The number of benzene rings is 1. The van der Waals surface area contributed by atoms with E-state index in [-0.39, 0.29) is 5.56 Å². The molecule has 1 aliphatic rings. The van der Waals surface area contributed by atoms with Crippen molar-refractivity contribution < 1.29 is 14.6 Å². The number of aromatic carboxylic acids is 1. The second-order valence-electron chi connectivity index (χ2n) is 5.22. The largest absolute Gasteiger partial charge is 0.478 e. The smallest absolute Gasteiger partial charge is 0.335 e. The quantitative estimate of drug-likeness (QED) is 0.896. The third-order valence-corrected chi connectivity index (χ3v) is 3.70. The fraction of sp³-hybridized carbons (Fsp3) is 0.400. The lowest BCUT2D eigenvalue weighted by Crippen LogP contribution is -2.24. The first kappa shape index (κ1) is 13.8. The molecule has 1 aromatic carbocycles. The Morgan fingerprint density at radius 2 is 2.33 bits per heavy atom. The lowest BCUT2D eigenvalue weighted by atomic mass is 10.0. The van der Waals surface area contributed by atoms with Crippen LogP contribution < -0.4 is 5.32 Å². The molecule has 0 amide bonds. The zero-order valence-electron chi connectivity index (χ0n) is 11.6. The maximum absolute atomic E-state index is 11.0. The molecule has 0 aliphatic carbocycles. The van der Waals surface area contributed by atoms with Crippen molar-refractivity contribution in [3.8, 4) is 0 Å². The second-order valence-corrected chi connectivity index (χ2v) is 5.22. The van der Waals surface area contributed by atoms with Crippen LogP contribution in [0.15, 0.2) is 24.5 Å². The molecule has 1 saturated heterocycles. The van der Waals surface area contributed by atoms with Crippen molar-refractivity contribution in [1.82, 2.24) is 9.97 Å². The number of rotatable bonds is 4. The number of ether oxygens (including phenoxy) is 1. The molecular formula is C15H17N3O3. The Morgan fingerprint density at radius 3 is 3.10 bits per heavy atom. The van der Waals surface area contributed by atoms with Crippen molar-refractivity contribution >= 4 is 22.7 Å². The van der Waals surface area contributed by atoms with Gasteiger partial charge in [-0.1, -0.05) is 0 Å². The van der Waals surface area contributed by atoms with Crippen molar-refractivity contribution in [2.24, 2.45) is 5.92 Å². The zero-order valence-corrected chi connectivity index (χ0v) is 11.6.